The van der Waals surface area contributed by atoms with Crippen molar-refractivity contribution in [2.75, 3.05) is 20.2 Å². The van der Waals surface area contributed by atoms with Gasteiger partial charge < -0.3 is 20.1 Å². The zero-order valence-corrected chi connectivity index (χ0v) is 15.6. The molecule has 150 valence electrons. The van der Waals surface area contributed by atoms with Crippen LogP contribution in [0.25, 0.3) is 0 Å². The first-order valence-corrected chi connectivity index (χ1v) is 8.80. The van der Waals surface area contributed by atoms with Crippen LogP contribution in [0.3, 0.4) is 0 Å². The third kappa shape index (κ3) is 7.20. The Labute approximate surface area is 162 Å². The zero-order valence-electron chi connectivity index (χ0n) is 15.6. The topological polar surface area (TPSA) is 125 Å². The van der Waals surface area contributed by atoms with Gasteiger partial charge in [0.05, 0.1) is 26.4 Å². The predicted octanol–water partition coefficient (Wildman–Crippen LogP) is 0.587. The molecule has 3 N–H and O–H groups in total. The summed E-state index contributed by atoms with van der Waals surface area (Å²) in [6, 6.07) is 8.58. The molecule has 0 fully saturated rings. The van der Waals surface area contributed by atoms with E-state index in [0.29, 0.717) is 12.2 Å². The summed E-state index contributed by atoms with van der Waals surface area (Å²) in [5, 5.41) is 11.6. The molecule has 1 aromatic carbocycles. The third-order valence-electron chi connectivity index (χ3n) is 4.06. The van der Waals surface area contributed by atoms with Crippen molar-refractivity contribution in [2.24, 2.45) is 0 Å². The highest BCUT2D eigenvalue weighted by atomic mass is 16.5. The van der Waals surface area contributed by atoms with Crippen LogP contribution in [-0.4, -0.2) is 64.1 Å². The number of carbonyl (C=O) groups excluding carboxylic acids is 2. The average molecular weight is 388 g/mol. The van der Waals surface area contributed by atoms with E-state index in [4.69, 9.17) is 9.84 Å². The summed E-state index contributed by atoms with van der Waals surface area (Å²) in [6.45, 7) is 0.588. The number of amides is 1. The Morgan fingerprint density at radius 1 is 1.29 bits per heavy atom. The van der Waals surface area contributed by atoms with Gasteiger partial charge in [-0.1, -0.05) is 30.3 Å². The van der Waals surface area contributed by atoms with Crippen LogP contribution in [0, 0.1) is 0 Å². The molecule has 0 aliphatic heterocycles. The lowest BCUT2D eigenvalue weighted by atomic mass is 10.1. The molecule has 0 radical (unpaired) electrons. The summed E-state index contributed by atoms with van der Waals surface area (Å²) in [5.74, 6) is -1.90. The molecule has 0 bridgehead atoms. The molecule has 1 heterocycles. The second-order valence-corrected chi connectivity index (χ2v) is 6.26. The number of hydrogen-bond acceptors (Lipinski definition) is 6. The summed E-state index contributed by atoms with van der Waals surface area (Å²) >= 11 is 0. The molecular weight excluding hydrogens is 364 g/mol. The number of esters is 1. The van der Waals surface area contributed by atoms with Crippen molar-refractivity contribution in [1.29, 1.82) is 0 Å². The highest BCUT2D eigenvalue weighted by Crippen LogP contribution is 2.06. The van der Waals surface area contributed by atoms with Gasteiger partial charge in [0.2, 0.25) is 5.91 Å². The SMILES string of the molecule is COC(=O)[C@H](Cc1cnc[nH]1)NC(=O)CN(CCC(=O)O)Cc1ccccc1. The Kier molecular flexibility index (Phi) is 8.16. The Bertz CT molecular complexity index is 764. The highest BCUT2D eigenvalue weighted by Gasteiger charge is 2.23. The molecule has 0 aliphatic carbocycles. The van der Waals surface area contributed by atoms with E-state index in [1.54, 1.807) is 11.1 Å². The largest absolute Gasteiger partial charge is 0.481 e. The van der Waals surface area contributed by atoms with Crippen LogP contribution in [0.2, 0.25) is 0 Å². The van der Waals surface area contributed by atoms with E-state index in [2.05, 4.69) is 15.3 Å². The molecule has 0 unspecified atom stereocenters. The number of ether oxygens (including phenoxy) is 1. The number of nitrogens with one attached hydrogen (secondary N) is 2. The first kappa shape index (κ1) is 21.1. The summed E-state index contributed by atoms with van der Waals surface area (Å²) in [4.78, 5) is 43.9. The second kappa shape index (κ2) is 10.8. The van der Waals surface area contributed by atoms with Crippen molar-refractivity contribution in [3.63, 3.8) is 0 Å². The van der Waals surface area contributed by atoms with Gasteiger partial charge in [0.25, 0.3) is 0 Å². The summed E-state index contributed by atoms with van der Waals surface area (Å²) in [5.41, 5.74) is 1.64. The normalized spacial score (nSPS) is 11.8. The minimum absolute atomic E-state index is 0.0430. The van der Waals surface area contributed by atoms with E-state index >= 15 is 0 Å². The van der Waals surface area contributed by atoms with Gasteiger partial charge in [-0.3, -0.25) is 14.5 Å². The van der Waals surface area contributed by atoms with E-state index in [-0.39, 0.29) is 25.9 Å². The number of aromatic amines is 1. The number of nitrogens with zero attached hydrogens (tertiary/aromatic N) is 2. The van der Waals surface area contributed by atoms with Crippen LogP contribution < -0.4 is 5.32 Å². The minimum atomic E-state index is -0.940. The molecule has 9 heteroatoms. The zero-order chi connectivity index (χ0) is 20.4. The van der Waals surface area contributed by atoms with Crippen LogP contribution in [-0.2, 0) is 32.1 Å². The number of carbonyl (C=O) groups is 3. The maximum atomic E-state index is 12.5. The lowest BCUT2D eigenvalue weighted by Crippen LogP contribution is -2.47. The number of carboxylic acids is 1. The molecule has 2 aromatic rings. The number of aromatic nitrogens is 2. The van der Waals surface area contributed by atoms with Crippen LogP contribution in [0.5, 0.6) is 0 Å². The fourth-order valence-electron chi connectivity index (χ4n) is 2.70. The lowest BCUT2D eigenvalue weighted by molar-refractivity contribution is -0.145. The van der Waals surface area contributed by atoms with Crippen molar-refractivity contribution in [1.82, 2.24) is 20.2 Å². The smallest absolute Gasteiger partial charge is 0.328 e. The van der Waals surface area contributed by atoms with Gasteiger partial charge in [0, 0.05) is 31.4 Å². The first-order valence-electron chi connectivity index (χ1n) is 8.80. The van der Waals surface area contributed by atoms with Gasteiger partial charge >= 0.3 is 11.9 Å². The summed E-state index contributed by atoms with van der Waals surface area (Å²) < 4.78 is 4.76. The van der Waals surface area contributed by atoms with Gasteiger partial charge in [0.1, 0.15) is 6.04 Å². The van der Waals surface area contributed by atoms with E-state index < -0.39 is 23.9 Å². The molecule has 1 amide bonds. The number of H-pyrrole nitrogens is 1. The van der Waals surface area contributed by atoms with Crippen LogP contribution >= 0.6 is 0 Å². The van der Waals surface area contributed by atoms with Gasteiger partial charge in [-0.15, -0.1) is 0 Å². The molecule has 9 nitrogen and oxygen atoms in total. The number of benzene rings is 1. The first-order chi connectivity index (χ1) is 13.5. The lowest BCUT2D eigenvalue weighted by Gasteiger charge is -2.23. The maximum Gasteiger partial charge on any atom is 0.328 e. The Balaban J connectivity index is 2.00. The van der Waals surface area contributed by atoms with Gasteiger partial charge in [-0.2, -0.15) is 0 Å². The Hall–Kier alpha value is -3.20. The molecular formula is C19H24N4O5. The molecule has 0 saturated carbocycles. The van der Waals surface area contributed by atoms with Crippen molar-refractivity contribution in [2.45, 2.75) is 25.4 Å². The van der Waals surface area contributed by atoms with E-state index in [9.17, 15) is 14.4 Å². The number of imidazole rings is 1. The van der Waals surface area contributed by atoms with Crippen LogP contribution in [0.1, 0.15) is 17.7 Å². The second-order valence-electron chi connectivity index (χ2n) is 6.26. The van der Waals surface area contributed by atoms with E-state index in [1.807, 2.05) is 30.3 Å². The average Bonchev–Trinajstić information content (AvgIpc) is 3.19. The van der Waals surface area contributed by atoms with Gasteiger partial charge in [-0.25, -0.2) is 9.78 Å². The van der Waals surface area contributed by atoms with E-state index in [0.717, 1.165) is 5.56 Å². The Morgan fingerprint density at radius 2 is 2.04 bits per heavy atom. The fourth-order valence-corrected chi connectivity index (χ4v) is 2.70. The third-order valence-corrected chi connectivity index (χ3v) is 4.06. The molecule has 28 heavy (non-hydrogen) atoms. The van der Waals surface area contributed by atoms with Crippen molar-refractivity contribution >= 4 is 17.8 Å². The Morgan fingerprint density at radius 3 is 2.64 bits per heavy atom. The van der Waals surface area contributed by atoms with Crippen molar-refractivity contribution < 1.29 is 24.2 Å². The van der Waals surface area contributed by atoms with E-state index in [1.165, 1.54) is 13.4 Å². The fraction of sp³-hybridized carbons (Fsp3) is 0.368. The number of hydrogen-bond donors (Lipinski definition) is 3. The number of methoxy groups -OCH3 is 1. The van der Waals surface area contributed by atoms with Gasteiger partial charge in [-0.05, 0) is 5.56 Å². The number of aliphatic carboxylic acids is 1. The molecule has 0 spiro atoms. The van der Waals surface area contributed by atoms with Crippen molar-refractivity contribution in [3.05, 3.63) is 54.1 Å². The highest BCUT2D eigenvalue weighted by molar-refractivity contribution is 5.85. The number of rotatable bonds is 11. The monoisotopic (exact) mass is 388 g/mol. The summed E-state index contributed by atoms with van der Waals surface area (Å²) in [6.07, 6.45) is 3.18. The molecule has 0 aliphatic rings. The molecule has 2 rings (SSSR count). The van der Waals surface area contributed by atoms with Crippen LogP contribution in [0.4, 0.5) is 0 Å². The van der Waals surface area contributed by atoms with Crippen molar-refractivity contribution in [3.8, 4) is 0 Å². The number of carboxylic acid groups (broad SMARTS) is 1. The molecule has 1 aromatic heterocycles. The van der Waals surface area contributed by atoms with Crippen LogP contribution in [0.15, 0.2) is 42.9 Å². The quantitative estimate of drug-likeness (QED) is 0.481. The van der Waals surface area contributed by atoms with Gasteiger partial charge in [0.15, 0.2) is 0 Å². The standard InChI is InChI=1S/C19H24N4O5/c1-28-19(27)16(9-15-10-20-13-21-15)22-17(24)12-23(8-7-18(25)26)11-14-5-3-2-4-6-14/h2-6,10,13,16H,7-9,11-12H2,1H3,(H,20,21)(H,22,24)(H,25,26)/t16-/m0/s1. The summed E-state index contributed by atoms with van der Waals surface area (Å²) in [7, 11) is 1.25. The molecule has 0 saturated heterocycles. The maximum absolute atomic E-state index is 12.5. The molecule has 1 atom stereocenters. The predicted molar refractivity (Wildman–Crippen MR) is 100 cm³/mol. The minimum Gasteiger partial charge on any atom is -0.481 e.